The molecule has 2 fully saturated rings. The number of morpholine rings is 1. The quantitative estimate of drug-likeness (QED) is 0.865. The molecule has 3 heterocycles. The standard InChI is InChI=1S/C22H30FN3O2/c1-15(2)19-10-22(13-27-21(19)17-4-6-18(23)7-5-17)12-26(8-9-28-22)11-20-16(3)24-14-25-20/h4-7,14-15,19,21H,8-13H2,1-3H3,(H,24,25)/t19-,21-,22-/m0/s1. The van der Waals surface area contributed by atoms with Gasteiger partial charge < -0.3 is 14.5 Å². The fourth-order valence-corrected chi connectivity index (χ4v) is 4.57. The third-order valence-corrected chi connectivity index (χ3v) is 6.21. The van der Waals surface area contributed by atoms with Crippen LogP contribution in [-0.2, 0) is 16.0 Å². The van der Waals surface area contributed by atoms with E-state index in [2.05, 4.69) is 35.6 Å². The number of aromatic amines is 1. The van der Waals surface area contributed by atoms with E-state index in [-0.39, 0.29) is 17.5 Å². The number of benzene rings is 1. The van der Waals surface area contributed by atoms with Crippen molar-refractivity contribution in [1.82, 2.24) is 14.9 Å². The molecule has 1 N–H and O–H groups in total. The second-order valence-corrected chi connectivity index (χ2v) is 8.61. The Hall–Kier alpha value is -1.76. The Morgan fingerprint density at radius 1 is 1.32 bits per heavy atom. The molecule has 152 valence electrons. The van der Waals surface area contributed by atoms with Crippen LogP contribution in [0.4, 0.5) is 4.39 Å². The van der Waals surface area contributed by atoms with Crippen LogP contribution in [0.3, 0.4) is 0 Å². The molecule has 2 aliphatic rings. The summed E-state index contributed by atoms with van der Waals surface area (Å²) in [4.78, 5) is 10.0. The van der Waals surface area contributed by atoms with E-state index in [0.29, 0.717) is 25.0 Å². The van der Waals surface area contributed by atoms with Crippen molar-refractivity contribution in [3.63, 3.8) is 0 Å². The molecule has 1 aromatic heterocycles. The number of nitrogens with one attached hydrogen (secondary N) is 1. The van der Waals surface area contributed by atoms with Gasteiger partial charge in [0.2, 0.25) is 0 Å². The van der Waals surface area contributed by atoms with Gasteiger partial charge in [-0.1, -0.05) is 26.0 Å². The molecule has 2 aromatic rings. The zero-order valence-electron chi connectivity index (χ0n) is 17.0. The summed E-state index contributed by atoms with van der Waals surface area (Å²) in [5.41, 5.74) is 2.98. The molecule has 28 heavy (non-hydrogen) atoms. The number of hydrogen-bond donors (Lipinski definition) is 1. The molecule has 0 unspecified atom stereocenters. The second kappa shape index (κ2) is 7.93. The SMILES string of the molecule is Cc1[nH]cnc1CN1CCO[C@]2(CO[C@@H](c3ccc(F)cc3)[C@H](C(C)C)C2)C1. The molecule has 1 spiro atoms. The van der Waals surface area contributed by atoms with E-state index in [1.807, 2.05) is 12.1 Å². The van der Waals surface area contributed by atoms with Gasteiger partial charge in [0.05, 0.1) is 31.3 Å². The highest BCUT2D eigenvalue weighted by Gasteiger charge is 2.46. The highest BCUT2D eigenvalue weighted by molar-refractivity contribution is 5.21. The van der Waals surface area contributed by atoms with Gasteiger partial charge in [0.1, 0.15) is 11.4 Å². The van der Waals surface area contributed by atoms with Gasteiger partial charge in [-0.25, -0.2) is 9.37 Å². The van der Waals surface area contributed by atoms with Gasteiger partial charge in [-0.3, -0.25) is 4.90 Å². The molecular weight excluding hydrogens is 357 g/mol. The molecule has 2 aliphatic heterocycles. The van der Waals surface area contributed by atoms with Crippen LogP contribution in [0.25, 0.3) is 0 Å². The Balaban J connectivity index is 1.49. The van der Waals surface area contributed by atoms with Crippen LogP contribution in [0.1, 0.15) is 43.3 Å². The summed E-state index contributed by atoms with van der Waals surface area (Å²) in [7, 11) is 0. The van der Waals surface area contributed by atoms with Gasteiger partial charge in [-0.15, -0.1) is 0 Å². The van der Waals surface area contributed by atoms with Crippen LogP contribution in [0.15, 0.2) is 30.6 Å². The minimum atomic E-state index is -0.284. The van der Waals surface area contributed by atoms with Crippen molar-refractivity contribution in [1.29, 1.82) is 0 Å². The average Bonchev–Trinajstić information content (AvgIpc) is 3.07. The molecule has 0 amide bonds. The van der Waals surface area contributed by atoms with Crippen LogP contribution >= 0.6 is 0 Å². The molecule has 1 aromatic carbocycles. The Morgan fingerprint density at radius 3 is 2.79 bits per heavy atom. The summed E-state index contributed by atoms with van der Waals surface area (Å²) in [6, 6.07) is 6.74. The fourth-order valence-electron chi connectivity index (χ4n) is 4.57. The topological polar surface area (TPSA) is 50.4 Å². The van der Waals surface area contributed by atoms with Crippen LogP contribution < -0.4 is 0 Å². The lowest BCUT2D eigenvalue weighted by molar-refractivity contribution is -0.211. The lowest BCUT2D eigenvalue weighted by Gasteiger charge is -2.50. The predicted octanol–water partition coefficient (Wildman–Crippen LogP) is 3.86. The Kier molecular flexibility index (Phi) is 5.54. The number of aromatic nitrogens is 2. The molecule has 0 radical (unpaired) electrons. The van der Waals surface area contributed by atoms with Gasteiger partial charge in [0, 0.05) is 25.3 Å². The van der Waals surface area contributed by atoms with Gasteiger partial charge in [-0.2, -0.15) is 0 Å². The molecule has 6 heteroatoms. The van der Waals surface area contributed by atoms with E-state index in [9.17, 15) is 4.39 Å². The molecule has 5 nitrogen and oxygen atoms in total. The molecule has 4 rings (SSSR count). The highest BCUT2D eigenvalue weighted by Crippen LogP contribution is 2.44. The van der Waals surface area contributed by atoms with Crippen molar-refractivity contribution >= 4 is 0 Å². The normalized spacial score (nSPS) is 28.9. The number of halogens is 1. The zero-order valence-corrected chi connectivity index (χ0v) is 17.0. The first-order chi connectivity index (χ1) is 13.5. The van der Waals surface area contributed by atoms with Crippen molar-refractivity contribution in [3.8, 4) is 0 Å². The minimum absolute atomic E-state index is 0.0150. The smallest absolute Gasteiger partial charge is 0.123 e. The van der Waals surface area contributed by atoms with E-state index in [1.165, 1.54) is 12.1 Å². The van der Waals surface area contributed by atoms with Gasteiger partial charge in [0.25, 0.3) is 0 Å². The van der Waals surface area contributed by atoms with E-state index >= 15 is 0 Å². The van der Waals surface area contributed by atoms with Crippen LogP contribution in [0.5, 0.6) is 0 Å². The number of rotatable bonds is 4. The monoisotopic (exact) mass is 387 g/mol. The number of aryl methyl sites for hydroxylation is 1. The lowest BCUT2D eigenvalue weighted by atomic mass is 9.75. The predicted molar refractivity (Wildman–Crippen MR) is 105 cm³/mol. The first-order valence-corrected chi connectivity index (χ1v) is 10.2. The maximum absolute atomic E-state index is 13.3. The Morgan fingerprint density at radius 2 is 2.11 bits per heavy atom. The maximum atomic E-state index is 13.3. The van der Waals surface area contributed by atoms with Crippen molar-refractivity contribution in [3.05, 3.63) is 53.4 Å². The fraction of sp³-hybridized carbons (Fsp3) is 0.591. The number of nitrogens with zero attached hydrogens (tertiary/aromatic N) is 2. The Labute approximate surface area is 166 Å². The summed E-state index contributed by atoms with van der Waals surface area (Å²) in [5.74, 6) is 0.558. The summed E-state index contributed by atoms with van der Waals surface area (Å²) >= 11 is 0. The number of H-pyrrole nitrogens is 1. The van der Waals surface area contributed by atoms with Crippen LogP contribution in [0.2, 0.25) is 0 Å². The summed E-state index contributed by atoms with van der Waals surface area (Å²) in [5, 5.41) is 0. The van der Waals surface area contributed by atoms with Crippen molar-refractivity contribution in [2.24, 2.45) is 11.8 Å². The molecule has 3 atom stereocenters. The van der Waals surface area contributed by atoms with Gasteiger partial charge in [0.15, 0.2) is 0 Å². The van der Waals surface area contributed by atoms with Gasteiger partial charge in [-0.05, 0) is 42.9 Å². The van der Waals surface area contributed by atoms with E-state index < -0.39 is 0 Å². The van der Waals surface area contributed by atoms with Crippen molar-refractivity contribution in [2.45, 2.75) is 45.4 Å². The molecule has 2 saturated heterocycles. The summed E-state index contributed by atoms with van der Waals surface area (Å²) < 4.78 is 26.0. The van der Waals surface area contributed by atoms with E-state index in [4.69, 9.17) is 9.47 Å². The first kappa shape index (κ1) is 19.6. The molecular formula is C22H30FN3O2. The van der Waals surface area contributed by atoms with Crippen molar-refractivity contribution < 1.29 is 13.9 Å². The lowest BCUT2D eigenvalue weighted by Crippen LogP contribution is -2.58. The number of imidazole rings is 1. The third-order valence-electron chi connectivity index (χ3n) is 6.21. The zero-order chi connectivity index (χ0) is 19.7. The summed E-state index contributed by atoms with van der Waals surface area (Å²) in [6.45, 7) is 10.4. The number of hydrogen-bond acceptors (Lipinski definition) is 4. The first-order valence-electron chi connectivity index (χ1n) is 10.2. The largest absolute Gasteiger partial charge is 0.370 e. The van der Waals surface area contributed by atoms with Crippen LogP contribution in [-0.4, -0.2) is 46.8 Å². The third kappa shape index (κ3) is 4.00. The summed E-state index contributed by atoms with van der Waals surface area (Å²) in [6.07, 6.45) is 2.69. The molecule has 0 saturated carbocycles. The number of ether oxygens (including phenoxy) is 2. The van der Waals surface area contributed by atoms with Crippen LogP contribution in [0, 0.1) is 24.6 Å². The minimum Gasteiger partial charge on any atom is -0.370 e. The molecule has 0 aliphatic carbocycles. The van der Waals surface area contributed by atoms with E-state index in [1.54, 1.807) is 6.33 Å². The maximum Gasteiger partial charge on any atom is 0.123 e. The highest BCUT2D eigenvalue weighted by atomic mass is 19.1. The van der Waals surface area contributed by atoms with E-state index in [0.717, 1.165) is 43.0 Å². The second-order valence-electron chi connectivity index (χ2n) is 8.61. The molecule has 0 bridgehead atoms. The average molecular weight is 387 g/mol. The van der Waals surface area contributed by atoms with Gasteiger partial charge >= 0.3 is 0 Å². The van der Waals surface area contributed by atoms with Crippen molar-refractivity contribution in [2.75, 3.05) is 26.3 Å². The Bertz CT molecular complexity index is 791.